The zero-order valence-electron chi connectivity index (χ0n) is 14.6. The Morgan fingerprint density at radius 3 is 2.88 bits per heavy atom. The summed E-state index contributed by atoms with van der Waals surface area (Å²) in [5, 5.41) is 3.57. The van der Waals surface area contributed by atoms with Crippen molar-refractivity contribution >= 4 is 34.6 Å². The van der Waals surface area contributed by atoms with Crippen molar-refractivity contribution in [3.8, 4) is 5.75 Å². The van der Waals surface area contributed by atoms with Gasteiger partial charge in [-0.1, -0.05) is 17.7 Å². The van der Waals surface area contributed by atoms with Crippen LogP contribution >= 0.6 is 11.6 Å². The third-order valence-corrected chi connectivity index (χ3v) is 4.57. The van der Waals surface area contributed by atoms with E-state index in [1.807, 2.05) is 49.9 Å². The minimum absolute atomic E-state index is 0.106. The Morgan fingerprint density at radius 2 is 2.12 bits per heavy atom. The van der Waals surface area contributed by atoms with Crippen molar-refractivity contribution < 1.29 is 9.53 Å². The summed E-state index contributed by atoms with van der Waals surface area (Å²) in [6, 6.07) is 11.0. The lowest BCUT2D eigenvalue weighted by Gasteiger charge is -2.40. The molecule has 0 saturated carbocycles. The van der Waals surface area contributed by atoms with Gasteiger partial charge >= 0.3 is 0 Å². The minimum atomic E-state index is -0.410. The van der Waals surface area contributed by atoms with Crippen molar-refractivity contribution in [1.82, 2.24) is 0 Å². The fraction of sp³-hybridized carbons (Fsp3) is 0.316. The quantitative estimate of drug-likeness (QED) is 0.817. The molecular formula is C19H22ClN3O2. The number of carbonyl (C=O) groups excluding carboxylic acids is 1. The first-order chi connectivity index (χ1) is 11.7. The van der Waals surface area contributed by atoms with Crippen LogP contribution in [0.25, 0.3) is 0 Å². The van der Waals surface area contributed by atoms with E-state index >= 15 is 0 Å². The minimum Gasteiger partial charge on any atom is -0.484 e. The standard InChI is InChI=1S/C19H22ClN3O2/c1-12-14(20)5-4-6-15(12)22-18(24)10-23-11-19(2,3)25-17-9-13(21)7-8-16(17)23/h4-9H,10-11,21H2,1-3H3,(H,22,24). The van der Waals surface area contributed by atoms with Crippen molar-refractivity contribution in [2.24, 2.45) is 0 Å². The van der Waals surface area contributed by atoms with E-state index in [1.165, 1.54) is 0 Å². The molecule has 0 saturated heterocycles. The number of nitrogens with two attached hydrogens (primary N) is 1. The molecule has 0 bridgehead atoms. The number of nitrogens with zero attached hydrogens (tertiary/aromatic N) is 1. The fourth-order valence-electron chi connectivity index (χ4n) is 3.00. The summed E-state index contributed by atoms with van der Waals surface area (Å²) in [5.41, 5.74) is 8.53. The number of nitrogen functional groups attached to an aromatic ring is 1. The van der Waals surface area contributed by atoms with Crippen LogP contribution in [0.15, 0.2) is 36.4 Å². The Hall–Kier alpha value is -2.40. The van der Waals surface area contributed by atoms with E-state index in [1.54, 1.807) is 12.1 Å². The fourth-order valence-corrected chi connectivity index (χ4v) is 3.17. The summed E-state index contributed by atoms with van der Waals surface area (Å²) in [7, 11) is 0. The molecule has 0 aromatic heterocycles. The molecule has 1 aliphatic heterocycles. The van der Waals surface area contributed by atoms with Crippen LogP contribution in [-0.4, -0.2) is 24.6 Å². The van der Waals surface area contributed by atoms with Crippen LogP contribution in [0.4, 0.5) is 17.1 Å². The van der Waals surface area contributed by atoms with Crippen LogP contribution in [0.5, 0.6) is 5.75 Å². The Balaban J connectivity index is 1.80. The zero-order chi connectivity index (χ0) is 18.2. The van der Waals surface area contributed by atoms with Crippen molar-refractivity contribution in [3.05, 3.63) is 47.0 Å². The smallest absolute Gasteiger partial charge is 0.243 e. The number of carbonyl (C=O) groups is 1. The van der Waals surface area contributed by atoms with Gasteiger partial charge in [-0.2, -0.15) is 0 Å². The molecule has 1 amide bonds. The van der Waals surface area contributed by atoms with Gasteiger partial charge in [-0.3, -0.25) is 4.79 Å². The maximum atomic E-state index is 12.6. The third-order valence-electron chi connectivity index (χ3n) is 4.16. The predicted molar refractivity (Wildman–Crippen MR) is 103 cm³/mol. The van der Waals surface area contributed by atoms with Gasteiger partial charge < -0.3 is 20.7 Å². The van der Waals surface area contributed by atoms with Gasteiger partial charge in [-0.15, -0.1) is 0 Å². The summed E-state index contributed by atoms with van der Waals surface area (Å²) in [4.78, 5) is 14.6. The molecule has 3 N–H and O–H groups in total. The number of rotatable bonds is 3. The van der Waals surface area contributed by atoms with Crippen LogP contribution < -0.4 is 20.7 Å². The second kappa shape index (κ2) is 6.48. The first-order valence-corrected chi connectivity index (χ1v) is 8.51. The molecule has 1 aliphatic rings. The Bertz CT molecular complexity index is 820. The molecule has 0 radical (unpaired) electrons. The molecule has 0 atom stereocenters. The van der Waals surface area contributed by atoms with Crippen LogP contribution in [0.2, 0.25) is 5.02 Å². The van der Waals surface area contributed by atoms with Crippen LogP contribution in [0, 0.1) is 6.92 Å². The highest BCUT2D eigenvalue weighted by atomic mass is 35.5. The number of nitrogens with one attached hydrogen (secondary N) is 1. The first kappa shape index (κ1) is 17.4. The molecule has 0 unspecified atom stereocenters. The number of hydrogen-bond acceptors (Lipinski definition) is 4. The monoisotopic (exact) mass is 359 g/mol. The largest absolute Gasteiger partial charge is 0.484 e. The summed E-state index contributed by atoms with van der Waals surface area (Å²) in [5.74, 6) is 0.592. The van der Waals surface area contributed by atoms with Gasteiger partial charge in [-0.25, -0.2) is 0 Å². The number of ether oxygens (including phenoxy) is 1. The van der Waals surface area contributed by atoms with Gasteiger partial charge in [-0.05, 0) is 50.6 Å². The maximum Gasteiger partial charge on any atom is 0.243 e. The van der Waals surface area contributed by atoms with Crippen molar-refractivity contribution in [2.75, 3.05) is 29.0 Å². The summed E-state index contributed by atoms with van der Waals surface area (Å²) in [6.45, 7) is 6.69. The summed E-state index contributed by atoms with van der Waals surface area (Å²) < 4.78 is 5.99. The Kier molecular flexibility index (Phi) is 4.52. The number of fused-ring (bicyclic) bond motifs is 1. The molecule has 0 spiro atoms. The lowest BCUT2D eigenvalue weighted by Crippen LogP contribution is -2.49. The second-order valence-electron chi connectivity index (χ2n) is 6.91. The third kappa shape index (κ3) is 3.82. The molecule has 5 nitrogen and oxygen atoms in total. The molecule has 132 valence electrons. The van der Waals surface area contributed by atoms with Gasteiger partial charge in [0.2, 0.25) is 5.91 Å². The van der Waals surface area contributed by atoms with E-state index in [-0.39, 0.29) is 12.5 Å². The summed E-state index contributed by atoms with van der Waals surface area (Å²) in [6.07, 6.45) is 0. The number of halogens is 1. The molecule has 1 heterocycles. The normalized spacial score (nSPS) is 15.3. The van der Waals surface area contributed by atoms with E-state index in [2.05, 4.69) is 5.32 Å². The lowest BCUT2D eigenvalue weighted by molar-refractivity contribution is -0.115. The van der Waals surface area contributed by atoms with Crippen LogP contribution in [0.3, 0.4) is 0 Å². The van der Waals surface area contributed by atoms with Gasteiger partial charge in [0, 0.05) is 22.5 Å². The van der Waals surface area contributed by atoms with Gasteiger partial charge in [0.15, 0.2) is 0 Å². The van der Waals surface area contributed by atoms with E-state index in [4.69, 9.17) is 22.1 Å². The molecular weight excluding hydrogens is 338 g/mol. The van der Waals surface area contributed by atoms with Gasteiger partial charge in [0.05, 0.1) is 18.8 Å². The number of anilines is 3. The first-order valence-electron chi connectivity index (χ1n) is 8.14. The summed E-state index contributed by atoms with van der Waals surface area (Å²) >= 11 is 6.12. The average Bonchev–Trinajstić information content (AvgIpc) is 2.50. The van der Waals surface area contributed by atoms with E-state index in [0.29, 0.717) is 23.0 Å². The second-order valence-corrected chi connectivity index (χ2v) is 7.31. The van der Waals surface area contributed by atoms with E-state index < -0.39 is 5.60 Å². The number of amides is 1. The predicted octanol–water partition coefficient (Wildman–Crippen LogP) is 3.85. The van der Waals surface area contributed by atoms with E-state index in [0.717, 1.165) is 16.9 Å². The Labute approximate surface area is 152 Å². The highest BCUT2D eigenvalue weighted by molar-refractivity contribution is 6.31. The average molecular weight is 360 g/mol. The molecule has 0 aliphatic carbocycles. The lowest BCUT2D eigenvalue weighted by atomic mass is 10.0. The van der Waals surface area contributed by atoms with Crippen LogP contribution in [0.1, 0.15) is 19.4 Å². The highest BCUT2D eigenvalue weighted by Crippen LogP contribution is 2.38. The highest BCUT2D eigenvalue weighted by Gasteiger charge is 2.32. The molecule has 3 rings (SSSR count). The molecule has 6 heteroatoms. The van der Waals surface area contributed by atoms with Gasteiger partial charge in [0.1, 0.15) is 11.4 Å². The molecule has 2 aromatic rings. The molecule has 25 heavy (non-hydrogen) atoms. The van der Waals surface area contributed by atoms with Gasteiger partial charge in [0.25, 0.3) is 0 Å². The van der Waals surface area contributed by atoms with Crippen molar-refractivity contribution in [3.63, 3.8) is 0 Å². The number of hydrogen-bond donors (Lipinski definition) is 2. The Morgan fingerprint density at radius 1 is 1.36 bits per heavy atom. The maximum absolute atomic E-state index is 12.6. The zero-order valence-corrected chi connectivity index (χ0v) is 15.4. The van der Waals surface area contributed by atoms with E-state index in [9.17, 15) is 4.79 Å². The number of benzene rings is 2. The molecule has 2 aromatic carbocycles. The van der Waals surface area contributed by atoms with Crippen molar-refractivity contribution in [2.45, 2.75) is 26.4 Å². The SMILES string of the molecule is Cc1c(Cl)cccc1NC(=O)CN1CC(C)(C)Oc2cc(N)ccc21. The molecule has 0 fully saturated rings. The topological polar surface area (TPSA) is 67.6 Å². The van der Waals surface area contributed by atoms with Crippen molar-refractivity contribution in [1.29, 1.82) is 0 Å². The van der Waals surface area contributed by atoms with Crippen LogP contribution in [-0.2, 0) is 4.79 Å².